The Morgan fingerprint density at radius 2 is 2.03 bits per heavy atom. The van der Waals surface area contributed by atoms with E-state index in [1.807, 2.05) is 0 Å². The van der Waals surface area contributed by atoms with Crippen molar-refractivity contribution in [3.05, 3.63) is 40.1 Å². The second-order valence-electron chi connectivity index (χ2n) is 7.55. The fourth-order valence-electron chi connectivity index (χ4n) is 3.47. The Morgan fingerprint density at radius 1 is 1.23 bits per heavy atom. The lowest BCUT2D eigenvalue weighted by molar-refractivity contribution is -0.121. The summed E-state index contributed by atoms with van der Waals surface area (Å²) in [5.74, 6) is -0.790. The van der Waals surface area contributed by atoms with Gasteiger partial charge in [0.05, 0.1) is 0 Å². The molecular weight excluding hydrogens is 405 g/mol. The summed E-state index contributed by atoms with van der Waals surface area (Å²) in [5, 5.41) is 14.3. The van der Waals surface area contributed by atoms with Crippen LogP contribution >= 0.6 is 11.3 Å². The van der Waals surface area contributed by atoms with Gasteiger partial charge in [0.25, 0.3) is 5.91 Å². The Bertz CT molecular complexity index is 842. The molecule has 1 fully saturated rings. The number of nitrogens with zero attached hydrogens (tertiary/aromatic N) is 3. The minimum absolute atomic E-state index is 0.0193. The first kappa shape index (κ1) is 22.3. The van der Waals surface area contributed by atoms with E-state index in [0.29, 0.717) is 36.1 Å². The Morgan fingerprint density at radius 3 is 2.80 bits per heavy atom. The highest BCUT2D eigenvalue weighted by molar-refractivity contribution is 7.13. The Kier molecular flexibility index (Phi) is 8.27. The summed E-state index contributed by atoms with van der Waals surface area (Å²) in [5.41, 5.74) is 0.483. The molecule has 0 aliphatic carbocycles. The number of benzene rings is 1. The third kappa shape index (κ3) is 6.84. The van der Waals surface area contributed by atoms with E-state index in [1.54, 1.807) is 0 Å². The number of nitrogens with one attached hydrogen (secondary N) is 2. The van der Waals surface area contributed by atoms with E-state index in [0.717, 1.165) is 30.8 Å². The highest BCUT2D eigenvalue weighted by atomic mass is 32.1. The first-order valence-corrected chi connectivity index (χ1v) is 11.2. The van der Waals surface area contributed by atoms with Crippen molar-refractivity contribution in [2.75, 3.05) is 25.0 Å². The molecule has 2 N–H and O–H groups in total. The molecule has 0 radical (unpaired) electrons. The lowest BCUT2D eigenvalue weighted by Crippen LogP contribution is -2.39. The van der Waals surface area contributed by atoms with E-state index in [1.165, 1.54) is 43.5 Å². The third-order valence-corrected chi connectivity index (χ3v) is 6.20. The summed E-state index contributed by atoms with van der Waals surface area (Å²) in [6.07, 6.45) is 5.55. The quantitative estimate of drug-likeness (QED) is 0.593. The van der Waals surface area contributed by atoms with Gasteiger partial charge < -0.3 is 15.5 Å². The van der Waals surface area contributed by atoms with Crippen LogP contribution in [-0.4, -0.2) is 52.6 Å². The molecule has 0 saturated carbocycles. The molecule has 1 aromatic heterocycles. The number of likely N-dealkylation sites (tertiary alicyclic amines) is 1. The second kappa shape index (κ2) is 11.1. The Labute approximate surface area is 180 Å². The highest BCUT2D eigenvalue weighted by Gasteiger charge is 2.17. The number of rotatable bonds is 9. The smallest absolute Gasteiger partial charge is 0.286 e. The van der Waals surface area contributed by atoms with Crippen molar-refractivity contribution in [3.63, 3.8) is 0 Å². The van der Waals surface area contributed by atoms with E-state index in [4.69, 9.17) is 0 Å². The lowest BCUT2D eigenvalue weighted by Gasteiger charge is -2.33. The van der Waals surface area contributed by atoms with Gasteiger partial charge in [0.15, 0.2) is 0 Å². The van der Waals surface area contributed by atoms with Crippen LogP contribution in [0, 0.1) is 5.82 Å². The fraction of sp³-hybridized carbons (Fsp3) is 0.524. The van der Waals surface area contributed by atoms with E-state index >= 15 is 0 Å². The van der Waals surface area contributed by atoms with E-state index < -0.39 is 5.91 Å². The van der Waals surface area contributed by atoms with Gasteiger partial charge in [0.2, 0.25) is 10.9 Å². The number of anilines is 1. The number of aromatic nitrogens is 2. The van der Waals surface area contributed by atoms with Crippen LogP contribution in [0.4, 0.5) is 10.1 Å². The number of aryl methyl sites for hydroxylation is 1. The molecule has 3 rings (SSSR count). The third-order valence-electron chi connectivity index (χ3n) is 5.21. The molecule has 30 heavy (non-hydrogen) atoms. The van der Waals surface area contributed by atoms with Crippen LogP contribution in [0.2, 0.25) is 0 Å². The number of piperidine rings is 1. The number of hydrogen-bond donors (Lipinski definition) is 2. The van der Waals surface area contributed by atoms with Gasteiger partial charge >= 0.3 is 0 Å². The van der Waals surface area contributed by atoms with Crippen LogP contribution in [0.5, 0.6) is 0 Å². The van der Waals surface area contributed by atoms with Crippen molar-refractivity contribution in [2.24, 2.45) is 0 Å². The van der Waals surface area contributed by atoms with Gasteiger partial charge in [0.1, 0.15) is 10.8 Å². The molecule has 1 atom stereocenters. The summed E-state index contributed by atoms with van der Waals surface area (Å²) in [6.45, 7) is 5.12. The van der Waals surface area contributed by atoms with Gasteiger partial charge in [-0.2, -0.15) is 0 Å². The molecule has 7 nitrogen and oxygen atoms in total. The van der Waals surface area contributed by atoms with Crippen molar-refractivity contribution in [1.82, 2.24) is 20.4 Å². The normalized spacial score (nSPS) is 16.9. The van der Waals surface area contributed by atoms with Crippen LogP contribution in [0.25, 0.3) is 0 Å². The van der Waals surface area contributed by atoms with Crippen molar-refractivity contribution in [2.45, 2.75) is 51.5 Å². The number of hydrogen-bond acceptors (Lipinski definition) is 6. The Hall–Kier alpha value is -2.39. The van der Waals surface area contributed by atoms with Gasteiger partial charge in [-0.15, -0.1) is 10.2 Å². The summed E-state index contributed by atoms with van der Waals surface area (Å²) >= 11 is 1.16. The zero-order valence-electron chi connectivity index (χ0n) is 17.2. The van der Waals surface area contributed by atoms with Gasteiger partial charge in [0, 0.05) is 37.7 Å². The zero-order chi connectivity index (χ0) is 21.3. The van der Waals surface area contributed by atoms with Gasteiger partial charge in [-0.05, 0) is 57.0 Å². The molecule has 1 unspecified atom stereocenters. The maximum atomic E-state index is 12.9. The topological polar surface area (TPSA) is 87.2 Å². The molecule has 1 aliphatic rings. The minimum atomic E-state index is -0.401. The van der Waals surface area contributed by atoms with Crippen molar-refractivity contribution < 1.29 is 14.0 Å². The largest absolute Gasteiger partial charge is 0.356 e. The molecule has 9 heteroatoms. The van der Waals surface area contributed by atoms with Crippen LogP contribution in [0.15, 0.2) is 24.3 Å². The average Bonchev–Trinajstić information content (AvgIpc) is 3.22. The molecule has 1 saturated heterocycles. The molecule has 0 bridgehead atoms. The predicted molar refractivity (Wildman–Crippen MR) is 115 cm³/mol. The van der Waals surface area contributed by atoms with Crippen LogP contribution in [-0.2, 0) is 11.2 Å². The fourth-order valence-corrected chi connectivity index (χ4v) is 4.21. The summed E-state index contributed by atoms with van der Waals surface area (Å²) < 4.78 is 12.9. The monoisotopic (exact) mass is 433 g/mol. The van der Waals surface area contributed by atoms with Gasteiger partial charge in [-0.25, -0.2) is 4.39 Å². The summed E-state index contributed by atoms with van der Waals surface area (Å²) in [6, 6.07) is 6.14. The maximum Gasteiger partial charge on any atom is 0.286 e. The first-order chi connectivity index (χ1) is 14.5. The van der Waals surface area contributed by atoms with Crippen molar-refractivity contribution in [3.8, 4) is 0 Å². The van der Waals surface area contributed by atoms with E-state index in [9.17, 15) is 14.0 Å². The standard InChI is InChI=1S/C21H28FN5O2S/c1-15-5-2-3-13-27(15)14-4-12-23-18(28)10-11-19-25-26-21(30-19)20(29)24-17-8-6-16(22)7-9-17/h6-9,15H,2-5,10-14H2,1H3,(H,23,28)(H,24,29). The molecule has 1 aromatic carbocycles. The molecule has 2 heterocycles. The van der Waals surface area contributed by atoms with Gasteiger partial charge in [-0.1, -0.05) is 17.8 Å². The summed E-state index contributed by atoms with van der Waals surface area (Å²) in [4.78, 5) is 26.8. The molecular formula is C21H28FN5O2S. The molecule has 2 amide bonds. The number of amides is 2. The van der Waals surface area contributed by atoms with Crippen LogP contribution < -0.4 is 10.6 Å². The predicted octanol–water partition coefficient (Wildman–Crippen LogP) is 3.24. The van der Waals surface area contributed by atoms with Crippen LogP contribution in [0.1, 0.15) is 53.8 Å². The maximum absolute atomic E-state index is 12.9. The lowest BCUT2D eigenvalue weighted by atomic mass is 10.0. The second-order valence-corrected chi connectivity index (χ2v) is 8.61. The SMILES string of the molecule is CC1CCCCN1CCCNC(=O)CCc1nnc(C(=O)Nc2ccc(F)cc2)s1. The van der Waals surface area contributed by atoms with Gasteiger partial charge in [-0.3, -0.25) is 9.59 Å². The van der Waals surface area contributed by atoms with Crippen molar-refractivity contribution >= 4 is 28.8 Å². The first-order valence-electron chi connectivity index (χ1n) is 10.4. The number of halogens is 1. The van der Waals surface area contributed by atoms with Crippen molar-refractivity contribution in [1.29, 1.82) is 0 Å². The average molecular weight is 434 g/mol. The minimum Gasteiger partial charge on any atom is -0.356 e. The number of carbonyl (C=O) groups is 2. The molecule has 162 valence electrons. The molecule has 0 spiro atoms. The molecule has 1 aliphatic heterocycles. The molecule has 2 aromatic rings. The Balaban J connectivity index is 1.34. The van der Waals surface area contributed by atoms with Crippen LogP contribution in [0.3, 0.4) is 0 Å². The zero-order valence-corrected chi connectivity index (χ0v) is 18.0. The van der Waals surface area contributed by atoms with E-state index in [-0.39, 0.29) is 16.7 Å². The van der Waals surface area contributed by atoms with E-state index in [2.05, 4.69) is 32.7 Å². The summed E-state index contributed by atoms with van der Waals surface area (Å²) in [7, 11) is 0. The number of carbonyl (C=O) groups excluding carboxylic acids is 2. The highest BCUT2D eigenvalue weighted by Crippen LogP contribution is 2.17.